The molecule has 0 rings (SSSR count). The topological polar surface area (TPSA) is 55.4 Å². The van der Waals surface area contributed by atoms with E-state index in [0.29, 0.717) is 6.42 Å². The summed E-state index contributed by atoms with van der Waals surface area (Å²) in [4.78, 5) is 22.4. The lowest BCUT2D eigenvalue weighted by molar-refractivity contribution is -0.144. The molecule has 1 unspecified atom stereocenters. The lowest BCUT2D eigenvalue weighted by Crippen LogP contribution is -2.40. The fourth-order valence-electron chi connectivity index (χ4n) is 0.945. The number of rotatable bonds is 4. The van der Waals surface area contributed by atoms with Crippen LogP contribution in [0, 0.1) is 0 Å². The normalized spacial score (nSPS) is 11.4. The van der Waals surface area contributed by atoms with Crippen molar-refractivity contribution in [3.05, 3.63) is 11.6 Å². The number of methoxy groups -OCH3 is 1. The molecule has 0 aromatic heterocycles. The predicted molar refractivity (Wildman–Crippen MR) is 53.7 cm³/mol. The molecule has 0 aliphatic heterocycles. The molecule has 0 fully saturated rings. The first-order valence-corrected chi connectivity index (χ1v) is 4.54. The summed E-state index contributed by atoms with van der Waals surface area (Å²) in [6.45, 7) is 5.45. The Hall–Kier alpha value is -1.32. The quantitative estimate of drug-likeness (QED) is 0.543. The Kier molecular flexibility index (Phi) is 5.60. The summed E-state index contributed by atoms with van der Waals surface area (Å²) >= 11 is 0. The standard InChI is InChI=1S/C10H17NO3/c1-5-8(10(13)14-4)11-9(12)6-7(2)3/h6,8H,5H2,1-4H3,(H,11,12). The fraction of sp³-hybridized carbons (Fsp3) is 0.600. The number of amides is 1. The zero-order chi connectivity index (χ0) is 11.1. The Morgan fingerprint density at radius 1 is 1.43 bits per heavy atom. The van der Waals surface area contributed by atoms with Crippen LogP contribution in [-0.2, 0) is 14.3 Å². The zero-order valence-electron chi connectivity index (χ0n) is 9.09. The largest absolute Gasteiger partial charge is 0.467 e. The Balaban J connectivity index is 4.26. The molecule has 0 saturated carbocycles. The first-order chi connectivity index (χ1) is 6.51. The smallest absolute Gasteiger partial charge is 0.328 e. The van der Waals surface area contributed by atoms with Gasteiger partial charge in [0.1, 0.15) is 6.04 Å². The number of nitrogens with one attached hydrogen (secondary N) is 1. The van der Waals surface area contributed by atoms with Gasteiger partial charge >= 0.3 is 5.97 Å². The Morgan fingerprint density at radius 3 is 2.36 bits per heavy atom. The van der Waals surface area contributed by atoms with Gasteiger partial charge in [0, 0.05) is 6.08 Å². The maximum absolute atomic E-state index is 11.2. The summed E-state index contributed by atoms with van der Waals surface area (Å²) in [7, 11) is 1.30. The highest BCUT2D eigenvalue weighted by molar-refractivity contribution is 5.91. The van der Waals surface area contributed by atoms with E-state index < -0.39 is 12.0 Å². The number of carbonyl (C=O) groups excluding carboxylic acids is 2. The van der Waals surface area contributed by atoms with Crippen LogP contribution in [0.1, 0.15) is 27.2 Å². The van der Waals surface area contributed by atoms with Gasteiger partial charge in [0.05, 0.1) is 7.11 Å². The molecule has 14 heavy (non-hydrogen) atoms. The van der Waals surface area contributed by atoms with E-state index in [1.165, 1.54) is 13.2 Å². The summed E-state index contributed by atoms with van der Waals surface area (Å²) in [5, 5.41) is 2.56. The van der Waals surface area contributed by atoms with E-state index in [1.807, 2.05) is 20.8 Å². The molecule has 0 heterocycles. The lowest BCUT2D eigenvalue weighted by atomic mass is 10.2. The third-order valence-electron chi connectivity index (χ3n) is 1.63. The molecule has 0 aromatic rings. The summed E-state index contributed by atoms with van der Waals surface area (Å²) in [6.07, 6.45) is 1.97. The van der Waals surface area contributed by atoms with Crippen LogP contribution in [0.25, 0.3) is 0 Å². The van der Waals surface area contributed by atoms with Gasteiger partial charge in [-0.3, -0.25) is 4.79 Å². The van der Waals surface area contributed by atoms with E-state index in [4.69, 9.17) is 0 Å². The van der Waals surface area contributed by atoms with Crippen molar-refractivity contribution in [2.75, 3.05) is 7.11 Å². The molecule has 4 nitrogen and oxygen atoms in total. The second-order valence-electron chi connectivity index (χ2n) is 3.21. The van der Waals surface area contributed by atoms with Gasteiger partial charge in [-0.2, -0.15) is 0 Å². The second-order valence-corrected chi connectivity index (χ2v) is 3.21. The highest BCUT2D eigenvalue weighted by Gasteiger charge is 2.17. The minimum absolute atomic E-state index is 0.262. The molecule has 1 atom stereocenters. The van der Waals surface area contributed by atoms with Crippen molar-refractivity contribution in [1.82, 2.24) is 5.32 Å². The molecule has 0 bridgehead atoms. The predicted octanol–water partition coefficient (Wildman–Crippen LogP) is 1.02. The second kappa shape index (κ2) is 6.18. The van der Waals surface area contributed by atoms with E-state index in [1.54, 1.807) is 0 Å². The average molecular weight is 199 g/mol. The lowest BCUT2D eigenvalue weighted by Gasteiger charge is -2.12. The summed E-state index contributed by atoms with van der Waals surface area (Å²) < 4.78 is 4.53. The van der Waals surface area contributed by atoms with Crippen molar-refractivity contribution in [2.24, 2.45) is 0 Å². The molecule has 0 aromatic carbocycles. The molecule has 1 N–H and O–H groups in total. The summed E-state index contributed by atoms with van der Waals surface area (Å²) in [6, 6.07) is -0.553. The monoisotopic (exact) mass is 199 g/mol. The maximum Gasteiger partial charge on any atom is 0.328 e. The van der Waals surface area contributed by atoms with Gasteiger partial charge in [0.25, 0.3) is 0 Å². The highest BCUT2D eigenvalue weighted by Crippen LogP contribution is 1.95. The van der Waals surface area contributed by atoms with Crippen molar-refractivity contribution in [1.29, 1.82) is 0 Å². The average Bonchev–Trinajstić information content (AvgIpc) is 2.11. The first kappa shape index (κ1) is 12.7. The zero-order valence-corrected chi connectivity index (χ0v) is 9.09. The Labute approximate surface area is 84.3 Å². The van der Waals surface area contributed by atoms with Gasteiger partial charge in [-0.1, -0.05) is 12.5 Å². The van der Waals surface area contributed by atoms with Crippen molar-refractivity contribution in [3.8, 4) is 0 Å². The minimum atomic E-state index is -0.553. The maximum atomic E-state index is 11.2. The van der Waals surface area contributed by atoms with Crippen LogP contribution in [0.15, 0.2) is 11.6 Å². The van der Waals surface area contributed by atoms with E-state index in [0.717, 1.165) is 5.57 Å². The molecule has 80 valence electrons. The molecule has 0 spiro atoms. The minimum Gasteiger partial charge on any atom is -0.467 e. The number of allylic oxidation sites excluding steroid dienone is 1. The van der Waals surface area contributed by atoms with E-state index in [-0.39, 0.29) is 5.91 Å². The van der Waals surface area contributed by atoms with Gasteiger partial charge in [-0.15, -0.1) is 0 Å². The number of carbonyl (C=O) groups is 2. The molecule has 0 radical (unpaired) electrons. The van der Waals surface area contributed by atoms with Crippen LogP contribution in [0.5, 0.6) is 0 Å². The summed E-state index contributed by atoms with van der Waals surface area (Å²) in [5.41, 5.74) is 0.891. The molecule has 0 aliphatic rings. The molecular formula is C10H17NO3. The van der Waals surface area contributed by atoms with E-state index in [9.17, 15) is 9.59 Å². The third-order valence-corrected chi connectivity index (χ3v) is 1.63. The van der Waals surface area contributed by atoms with Gasteiger partial charge in [-0.25, -0.2) is 4.79 Å². The third kappa shape index (κ3) is 4.64. The van der Waals surface area contributed by atoms with Crippen LogP contribution in [0.2, 0.25) is 0 Å². The Morgan fingerprint density at radius 2 is 2.00 bits per heavy atom. The number of hydrogen-bond acceptors (Lipinski definition) is 3. The highest BCUT2D eigenvalue weighted by atomic mass is 16.5. The molecule has 4 heteroatoms. The molecular weight excluding hydrogens is 182 g/mol. The Bertz CT molecular complexity index is 242. The van der Waals surface area contributed by atoms with Crippen molar-refractivity contribution < 1.29 is 14.3 Å². The van der Waals surface area contributed by atoms with Crippen LogP contribution in [0.4, 0.5) is 0 Å². The van der Waals surface area contributed by atoms with Crippen molar-refractivity contribution >= 4 is 11.9 Å². The molecule has 0 aliphatic carbocycles. The van der Waals surface area contributed by atoms with Gasteiger partial charge in [-0.05, 0) is 20.3 Å². The van der Waals surface area contributed by atoms with E-state index >= 15 is 0 Å². The van der Waals surface area contributed by atoms with Crippen LogP contribution in [-0.4, -0.2) is 25.0 Å². The number of hydrogen-bond donors (Lipinski definition) is 1. The number of ether oxygens (including phenoxy) is 1. The van der Waals surface area contributed by atoms with Gasteiger partial charge in [0.2, 0.25) is 5.91 Å². The first-order valence-electron chi connectivity index (χ1n) is 4.54. The SMILES string of the molecule is CCC(NC(=O)C=C(C)C)C(=O)OC. The van der Waals surface area contributed by atoms with Crippen LogP contribution < -0.4 is 5.32 Å². The number of esters is 1. The van der Waals surface area contributed by atoms with Gasteiger partial charge < -0.3 is 10.1 Å². The van der Waals surface area contributed by atoms with Crippen LogP contribution in [0.3, 0.4) is 0 Å². The van der Waals surface area contributed by atoms with Gasteiger partial charge in [0.15, 0.2) is 0 Å². The summed E-state index contributed by atoms with van der Waals surface area (Å²) in [5.74, 6) is -0.676. The molecule has 1 amide bonds. The fourth-order valence-corrected chi connectivity index (χ4v) is 0.945. The van der Waals surface area contributed by atoms with E-state index in [2.05, 4.69) is 10.1 Å². The van der Waals surface area contributed by atoms with Crippen molar-refractivity contribution in [3.63, 3.8) is 0 Å². The molecule has 0 saturated heterocycles. The van der Waals surface area contributed by atoms with Crippen LogP contribution >= 0.6 is 0 Å². The van der Waals surface area contributed by atoms with Crippen molar-refractivity contribution in [2.45, 2.75) is 33.2 Å².